The Morgan fingerprint density at radius 1 is 1.03 bits per heavy atom. The second kappa shape index (κ2) is 9.02. The summed E-state index contributed by atoms with van der Waals surface area (Å²) in [5, 5.41) is 2.70. The molecule has 170 valence electrons. The molecule has 3 amide bonds. The molecule has 3 atom stereocenters. The van der Waals surface area contributed by atoms with Crippen LogP contribution in [0.3, 0.4) is 0 Å². The highest BCUT2D eigenvalue weighted by molar-refractivity contribution is 6.22. The van der Waals surface area contributed by atoms with Crippen LogP contribution in [-0.2, 0) is 19.1 Å². The summed E-state index contributed by atoms with van der Waals surface area (Å²) in [6.07, 6.45) is 4.49. The zero-order valence-corrected chi connectivity index (χ0v) is 18.8. The van der Waals surface area contributed by atoms with Crippen LogP contribution in [0.2, 0.25) is 0 Å². The normalized spacial score (nSPS) is 21.7. The van der Waals surface area contributed by atoms with Crippen molar-refractivity contribution in [3.8, 4) is 0 Å². The number of nitrogens with one attached hydrogen (secondary N) is 1. The summed E-state index contributed by atoms with van der Waals surface area (Å²) < 4.78 is 5.11. The molecule has 1 aliphatic carbocycles. The zero-order valence-electron chi connectivity index (χ0n) is 18.8. The monoisotopic (exact) mass is 446 g/mol. The maximum absolute atomic E-state index is 12.9. The number of ether oxygens (including phenoxy) is 1. The van der Waals surface area contributed by atoms with Crippen LogP contribution >= 0.6 is 0 Å². The average molecular weight is 447 g/mol. The molecule has 0 bridgehead atoms. The van der Waals surface area contributed by atoms with Crippen molar-refractivity contribution in [3.63, 3.8) is 0 Å². The van der Waals surface area contributed by atoms with Crippen LogP contribution in [0.5, 0.6) is 0 Å². The lowest BCUT2D eigenvalue weighted by atomic mass is 9.78. The molecule has 0 aromatic heterocycles. The SMILES string of the molecule is Cc1ccc(NC(=O)COC(=O)c2ccc(N3C(=O)[C@H]4[C@H](C)C=CC[C@H]4C3=O)cc2)cc1C. The van der Waals surface area contributed by atoms with Crippen LogP contribution in [0.4, 0.5) is 11.4 Å². The van der Waals surface area contributed by atoms with Crippen molar-refractivity contribution in [3.05, 3.63) is 71.3 Å². The number of amides is 3. The van der Waals surface area contributed by atoms with E-state index in [0.717, 1.165) is 11.1 Å². The Morgan fingerprint density at radius 2 is 1.76 bits per heavy atom. The number of carbonyl (C=O) groups excluding carboxylic acids is 4. The van der Waals surface area contributed by atoms with Gasteiger partial charge in [0.15, 0.2) is 6.61 Å². The van der Waals surface area contributed by atoms with E-state index in [1.54, 1.807) is 18.2 Å². The van der Waals surface area contributed by atoms with E-state index in [9.17, 15) is 19.2 Å². The highest BCUT2D eigenvalue weighted by atomic mass is 16.5. The molecular formula is C26H26N2O5. The van der Waals surface area contributed by atoms with Gasteiger partial charge in [-0.1, -0.05) is 25.1 Å². The van der Waals surface area contributed by atoms with Crippen LogP contribution in [0.1, 0.15) is 34.8 Å². The lowest BCUT2D eigenvalue weighted by molar-refractivity contribution is -0.123. The topological polar surface area (TPSA) is 92.8 Å². The van der Waals surface area contributed by atoms with Crippen molar-refractivity contribution >= 4 is 35.1 Å². The summed E-state index contributed by atoms with van der Waals surface area (Å²) in [4.78, 5) is 51.4. The molecule has 0 radical (unpaired) electrons. The molecule has 1 saturated heterocycles. The number of hydrogen-bond acceptors (Lipinski definition) is 5. The molecule has 0 spiro atoms. The van der Waals surface area contributed by atoms with Gasteiger partial charge in [-0.2, -0.15) is 0 Å². The zero-order chi connectivity index (χ0) is 23.7. The Balaban J connectivity index is 1.36. The number of carbonyl (C=O) groups is 4. The van der Waals surface area contributed by atoms with Crippen LogP contribution in [0.15, 0.2) is 54.6 Å². The molecule has 1 N–H and O–H groups in total. The molecule has 2 aromatic rings. The first-order valence-electron chi connectivity index (χ1n) is 10.9. The number of benzene rings is 2. The largest absolute Gasteiger partial charge is 0.452 e. The molecule has 2 aliphatic rings. The number of rotatable bonds is 5. The number of aryl methyl sites for hydroxylation is 2. The summed E-state index contributed by atoms with van der Waals surface area (Å²) in [6.45, 7) is 5.44. The molecule has 33 heavy (non-hydrogen) atoms. The number of esters is 1. The standard InChI is InChI=1S/C26H26N2O5/c1-15-7-10-19(13-17(15)3)27-22(29)14-33-26(32)18-8-11-20(12-9-18)28-24(30)21-6-4-5-16(2)23(21)25(28)31/h4-5,7-13,16,21,23H,6,14H2,1-3H3,(H,27,29)/t16-,21-,23+/m1/s1. The van der Waals surface area contributed by atoms with Gasteiger partial charge >= 0.3 is 5.97 Å². The van der Waals surface area contributed by atoms with Gasteiger partial charge in [0.1, 0.15) is 0 Å². The molecule has 2 aromatic carbocycles. The van der Waals surface area contributed by atoms with E-state index >= 15 is 0 Å². The summed E-state index contributed by atoms with van der Waals surface area (Å²) in [5.41, 5.74) is 3.45. The van der Waals surface area contributed by atoms with Crippen LogP contribution in [-0.4, -0.2) is 30.3 Å². The number of allylic oxidation sites excluding steroid dienone is 2. The smallest absolute Gasteiger partial charge is 0.338 e. The number of fused-ring (bicyclic) bond motifs is 1. The fourth-order valence-corrected chi connectivity index (χ4v) is 4.38. The quantitative estimate of drug-likeness (QED) is 0.428. The number of imide groups is 1. The van der Waals surface area contributed by atoms with Gasteiger partial charge in [0.2, 0.25) is 11.8 Å². The highest BCUT2D eigenvalue weighted by Crippen LogP contribution is 2.40. The summed E-state index contributed by atoms with van der Waals surface area (Å²) >= 11 is 0. The Bertz CT molecular complexity index is 1150. The minimum Gasteiger partial charge on any atom is -0.452 e. The maximum atomic E-state index is 12.9. The fourth-order valence-electron chi connectivity index (χ4n) is 4.38. The molecule has 7 heteroatoms. The third-order valence-corrected chi connectivity index (χ3v) is 6.36. The molecule has 4 rings (SSSR count). The molecule has 1 fully saturated rings. The van der Waals surface area contributed by atoms with Crippen molar-refractivity contribution in [2.75, 3.05) is 16.8 Å². The lowest BCUT2D eigenvalue weighted by Gasteiger charge is -2.22. The predicted molar refractivity (Wildman–Crippen MR) is 124 cm³/mol. The third kappa shape index (κ3) is 4.44. The predicted octanol–water partition coefficient (Wildman–Crippen LogP) is 3.80. The van der Waals surface area contributed by atoms with Gasteiger partial charge in [-0.15, -0.1) is 0 Å². The third-order valence-electron chi connectivity index (χ3n) is 6.36. The Labute approximate surface area is 192 Å². The highest BCUT2D eigenvalue weighted by Gasteiger charge is 2.50. The number of nitrogens with zero attached hydrogens (tertiary/aromatic N) is 1. The van der Waals surface area contributed by atoms with Crippen molar-refractivity contribution in [2.45, 2.75) is 27.2 Å². The van der Waals surface area contributed by atoms with Gasteiger partial charge in [-0.3, -0.25) is 19.3 Å². The molecule has 0 unspecified atom stereocenters. The molecule has 0 saturated carbocycles. The second-order valence-corrected chi connectivity index (χ2v) is 8.64. The van der Waals surface area contributed by atoms with Crippen molar-refractivity contribution in [1.29, 1.82) is 0 Å². The molecule has 1 heterocycles. The van der Waals surface area contributed by atoms with Gasteiger partial charge in [-0.25, -0.2) is 4.79 Å². The van der Waals surface area contributed by atoms with Crippen LogP contribution in [0, 0.1) is 31.6 Å². The number of hydrogen-bond donors (Lipinski definition) is 1. The van der Waals surface area contributed by atoms with Crippen molar-refractivity contribution in [2.24, 2.45) is 17.8 Å². The van der Waals surface area contributed by atoms with E-state index < -0.39 is 18.5 Å². The van der Waals surface area contributed by atoms with Crippen molar-refractivity contribution in [1.82, 2.24) is 0 Å². The minimum atomic E-state index is -0.664. The van der Waals surface area contributed by atoms with E-state index in [4.69, 9.17) is 4.74 Å². The Kier molecular flexibility index (Phi) is 6.14. The van der Waals surface area contributed by atoms with Crippen LogP contribution < -0.4 is 10.2 Å². The fraction of sp³-hybridized carbons (Fsp3) is 0.308. The first-order valence-corrected chi connectivity index (χ1v) is 10.9. The average Bonchev–Trinajstić information content (AvgIpc) is 3.06. The van der Waals surface area contributed by atoms with Gasteiger partial charge in [0, 0.05) is 5.69 Å². The summed E-state index contributed by atoms with van der Waals surface area (Å²) in [5.74, 6) is -2.20. The van der Waals surface area contributed by atoms with Crippen LogP contribution in [0.25, 0.3) is 0 Å². The number of anilines is 2. The molecule has 7 nitrogen and oxygen atoms in total. The first-order chi connectivity index (χ1) is 15.8. The van der Waals surface area contributed by atoms with Crippen molar-refractivity contribution < 1.29 is 23.9 Å². The second-order valence-electron chi connectivity index (χ2n) is 8.64. The summed E-state index contributed by atoms with van der Waals surface area (Å²) in [7, 11) is 0. The molecular weight excluding hydrogens is 420 g/mol. The minimum absolute atomic E-state index is 0.00872. The maximum Gasteiger partial charge on any atom is 0.338 e. The molecule has 1 aliphatic heterocycles. The van der Waals surface area contributed by atoms with Gasteiger partial charge < -0.3 is 10.1 Å². The first kappa shape index (κ1) is 22.5. The van der Waals surface area contributed by atoms with E-state index in [1.807, 2.05) is 45.1 Å². The van der Waals surface area contributed by atoms with Gasteiger partial charge in [0.25, 0.3) is 5.91 Å². The van der Waals surface area contributed by atoms with Gasteiger partial charge in [-0.05, 0) is 73.7 Å². The Morgan fingerprint density at radius 3 is 2.42 bits per heavy atom. The summed E-state index contributed by atoms with van der Waals surface area (Å²) in [6, 6.07) is 11.6. The van der Waals surface area contributed by atoms with E-state index in [1.165, 1.54) is 17.0 Å². The lowest BCUT2D eigenvalue weighted by Crippen LogP contribution is -2.31. The van der Waals surface area contributed by atoms with Gasteiger partial charge in [0.05, 0.1) is 23.1 Å². The Hall–Kier alpha value is -3.74. The van der Waals surface area contributed by atoms with E-state index in [-0.39, 0.29) is 35.1 Å². The van der Waals surface area contributed by atoms with E-state index in [0.29, 0.717) is 17.8 Å². The van der Waals surface area contributed by atoms with E-state index in [2.05, 4.69) is 5.32 Å².